The summed E-state index contributed by atoms with van der Waals surface area (Å²) < 4.78 is 31.5. The fourth-order valence-electron chi connectivity index (χ4n) is 2.82. The van der Waals surface area contributed by atoms with E-state index in [-0.39, 0.29) is 17.7 Å². The van der Waals surface area contributed by atoms with Crippen LogP contribution in [0, 0.1) is 0 Å². The third-order valence-electron chi connectivity index (χ3n) is 4.14. The number of methoxy groups -OCH3 is 1. The highest BCUT2D eigenvalue weighted by Crippen LogP contribution is 2.15. The lowest BCUT2D eigenvalue weighted by atomic mass is 10.1. The molecule has 0 unspecified atom stereocenters. The largest absolute Gasteiger partial charge is 0.497 e. The van der Waals surface area contributed by atoms with Crippen molar-refractivity contribution < 1.29 is 17.9 Å². The molecular weight excluding hydrogens is 340 g/mol. The fraction of sp³-hybridized carbons (Fsp3) is 0.500. The third-order valence-corrected chi connectivity index (χ3v) is 5.78. The summed E-state index contributed by atoms with van der Waals surface area (Å²) in [6.07, 6.45) is 5.20. The van der Waals surface area contributed by atoms with Crippen molar-refractivity contribution in [1.82, 2.24) is 9.62 Å². The van der Waals surface area contributed by atoms with Crippen LogP contribution < -0.4 is 9.46 Å². The summed E-state index contributed by atoms with van der Waals surface area (Å²) in [5, 5.41) is 0. The maximum Gasteiger partial charge on any atom is 0.246 e. The van der Waals surface area contributed by atoms with Crippen LogP contribution in [0.25, 0.3) is 6.08 Å². The van der Waals surface area contributed by atoms with Gasteiger partial charge in [-0.05, 0) is 43.0 Å². The van der Waals surface area contributed by atoms with Crippen molar-refractivity contribution in [1.29, 1.82) is 0 Å². The quantitative estimate of drug-likeness (QED) is 0.749. The Morgan fingerprint density at radius 2 is 2.08 bits per heavy atom. The van der Waals surface area contributed by atoms with Gasteiger partial charge in [-0.3, -0.25) is 4.79 Å². The topological polar surface area (TPSA) is 75.7 Å². The van der Waals surface area contributed by atoms with Crippen molar-refractivity contribution in [3.8, 4) is 5.75 Å². The predicted molar refractivity (Wildman–Crippen MR) is 98.8 cm³/mol. The van der Waals surface area contributed by atoms with Crippen LogP contribution in [0.2, 0.25) is 0 Å². The number of likely N-dealkylation sites (tertiary alicyclic amines) is 1. The standard InChI is InChI=1S/C18H26N2O4S/c1-3-13-25(22,23)19-16-9-11-20(12-10-16)18(21)8-7-15-5-4-6-17(14-15)24-2/h4-8,14,16,19H,3,9-13H2,1-2H3/b8-7+. The number of rotatable bonds is 7. The number of nitrogens with zero attached hydrogens (tertiary/aromatic N) is 1. The summed E-state index contributed by atoms with van der Waals surface area (Å²) in [5.41, 5.74) is 0.898. The second-order valence-electron chi connectivity index (χ2n) is 6.15. The van der Waals surface area contributed by atoms with Gasteiger partial charge in [0.05, 0.1) is 12.9 Å². The molecule has 0 aliphatic carbocycles. The lowest BCUT2D eigenvalue weighted by Crippen LogP contribution is -2.46. The number of hydrogen-bond donors (Lipinski definition) is 1. The highest BCUT2D eigenvalue weighted by atomic mass is 32.2. The van der Waals surface area contributed by atoms with Crippen molar-refractivity contribution in [3.05, 3.63) is 35.9 Å². The molecule has 1 saturated heterocycles. The SMILES string of the molecule is CCCS(=O)(=O)NC1CCN(C(=O)/C=C/c2cccc(OC)c2)CC1. The number of carbonyl (C=O) groups is 1. The van der Waals surface area contributed by atoms with Gasteiger partial charge in [0.1, 0.15) is 5.75 Å². The normalized spacial score (nSPS) is 16.3. The zero-order valence-electron chi connectivity index (χ0n) is 14.8. The Hall–Kier alpha value is -1.86. The van der Waals surface area contributed by atoms with E-state index in [1.54, 1.807) is 24.2 Å². The average molecular weight is 366 g/mol. The summed E-state index contributed by atoms with van der Waals surface area (Å²) in [5.74, 6) is 0.836. The monoisotopic (exact) mass is 366 g/mol. The molecule has 7 heteroatoms. The number of carbonyl (C=O) groups excluding carboxylic acids is 1. The van der Waals surface area contributed by atoms with E-state index in [1.165, 1.54) is 0 Å². The predicted octanol–water partition coefficient (Wildman–Crippen LogP) is 2.03. The van der Waals surface area contributed by atoms with E-state index in [1.807, 2.05) is 31.2 Å². The molecule has 1 aliphatic rings. The van der Waals surface area contributed by atoms with Crippen molar-refractivity contribution in [2.24, 2.45) is 0 Å². The maximum atomic E-state index is 12.3. The van der Waals surface area contributed by atoms with Gasteiger partial charge in [0.15, 0.2) is 0 Å². The smallest absolute Gasteiger partial charge is 0.246 e. The molecule has 1 fully saturated rings. The first-order valence-corrected chi connectivity index (χ1v) is 10.2. The Labute approximate surface area is 149 Å². The average Bonchev–Trinajstić information content (AvgIpc) is 2.60. The first-order valence-electron chi connectivity index (χ1n) is 8.54. The number of hydrogen-bond acceptors (Lipinski definition) is 4. The molecule has 1 N–H and O–H groups in total. The lowest BCUT2D eigenvalue weighted by Gasteiger charge is -2.31. The Morgan fingerprint density at radius 3 is 2.72 bits per heavy atom. The minimum Gasteiger partial charge on any atom is -0.497 e. The van der Waals surface area contributed by atoms with Gasteiger partial charge in [-0.1, -0.05) is 19.1 Å². The molecule has 6 nitrogen and oxygen atoms in total. The zero-order valence-corrected chi connectivity index (χ0v) is 15.6. The van der Waals surface area contributed by atoms with Gasteiger partial charge in [0.25, 0.3) is 0 Å². The Kier molecular flexibility index (Phi) is 7.01. The van der Waals surface area contributed by atoms with E-state index in [0.29, 0.717) is 32.4 Å². The van der Waals surface area contributed by atoms with Gasteiger partial charge < -0.3 is 9.64 Å². The lowest BCUT2D eigenvalue weighted by molar-refractivity contribution is -0.126. The van der Waals surface area contributed by atoms with Gasteiger partial charge in [-0.15, -0.1) is 0 Å². The van der Waals surface area contributed by atoms with E-state index in [2.05, 4.69) is 4.72 Å². The molecule has 25 heavy (non-hydrogen) atoms. The van der Waals surface area contributed by atoms with Crippen LogP contribution >= 0.6 is 0 Å². The van der Waals surface area contributed by atoms with Crippen molar-refractivity contribution in [2.45, 2.75) is 32.2 Å². The summed E-state index contributed by atoms with van der Waals surface area (Å²) in [6, 6.07) is 7.41. The van der Waals surface area contributed by atoms with Gasteiger partial charge in [0, 0.05) is 25.2 Å². The Morgan fingerprint density at radius 1 is 1.36 bits per heavy atom. The Bertz CT molecular complexity index is 708. The summed E-state index contributed by atoms with van der Waals surface area (Å²) >= 11 is 0. The molecule has 1 heterocycles. The second kappa shape index (κ2) is 9.01. The molecule has 0 aromatic heterocycles. The van der Waals surface area contributed by atoms with E-state index in [0.717, 1.165) is 11.3 Å². The number of nitrogens with one attached hydrogen (secondary N) is 1. The van der Waals surface area contributed by atoms with Crippen LogP contribution in [-0.4, -0.2) is 51.2 Å². The van der Waals surface area contributed by atoms with Crippen molar-refractivity contribution >= 4 is 22.0 Å². The maximum absolute atomic E-state index is 12.3. The Balaban J connectivity index is 1.85. The molecule has 0 bridgehead atoms. The van der Waals surface area contributed by atoms with Crippen LogP contribution in [0.5, 0.6) is 5.75 Å². The van der Waals surface area contributed by atoms with Crippen molar-refractivity contribution in [2.75, 3.05) is 26.0 Å². The zero-order chi connectivity index (χ0) is 18.3. The molecule has 1 aromatic carbocycles. The molecule has 0 atom stereocenters. The minimum absolute atomic E-state index is 0.0577. The number of amides is 1. The van der Waals surface area contributed by atoms with Crippen LogP contribution in [-0.2, 0) is 14.8 Å². The molecule has 1 aliphatic heterocycles. The van der Waals surface area contributed by atoms with Gasteiger partial charge in [0.2, 0.25) is 15.9 Å². The minimum atomic E-state index is -3.20. The van der Waals surface area contributed by atoms with E-state index < -0.39 is 10.0 Å². The van der Waals surface area contributed by atoms with E-state index in [9.17, 15) is 13.2 Å². The van der Waals surface area contributed by atoms with Crippen LogP contribution in [0.3, 0.4) is 0 Å². The molecular formula is C18H26N2O4S. The number of piperidine rings is 1. The van der Waals surface area contributed by atoms with Gasteiger partial charge in [-0.2, -0.15) is 0 Å². The molecule has 1 amide bonds. The molecule has 2 rings (SSSR count). The number of ether oxygens (including phenoxy) is 1. The molecule has 1 aromatic rings. The van der Waals surface area contributed by atoms with Gasteiger partial charge >= 0.3 is 0 Å². The highest BCUT2D eigenvalue weighted by Gasteiger charge is 2.24. The fourth-order valence-corrected chi connectivity index (χ4v) is 4.22. The molecule has 0 spiro atoms. The number of sulfonamides is 1. The van der Waals surface area contributed by atoms with E-state index >= 15 is 0 Å². The summed E-state index contributed by atoms with van der Waals surface area (Å²) in [6.45, 7) is 2.95. The summed E-state index contributed by atoms with van der Waals surface area (Å²) in [7, 11) is -1.60. The highest BCUT2D eigenvalue weighted by molar-refractivity contribution is 7.89. The van der Waals surface area contributed by atoms with E-state index in [4.69, 9.17) is 4.74 Å². The van der Waals surface area contributed by atoms with Gasteiger partial charge in [-0.25, -0.2) is 13.1 Å². The first-order chi connectivity index (χ1) is 11.9. The number of benzene rings is 1. The second-order valence-corrected chi connectivity index (χ2v) is 8.02. The van der Waals surface area contributed by atoms with Crippen LogP contribution in [0.1, 0.15) is 31.7 Å². The van der Waals surface area contributed by atoms with Crippen LogP contribution in [0.15, 0.2) is 30.3 Å². The van der Waals surface area contributed by atoms with Crippen molar-refractivity contribution in [3.63, 3.8) is 0 Å². The summed E-state index contributed by atoms with van der Waals surface area (Å²) in [4.78, 5) is 14.0. The third kappa shape index (κ3) is 6.17. The molecule has 0 saturated carbocycles. The first kappa shape index (κ1) is 19.5. The molecule has 138 valence electrons. The van der Waals surface area contributed by atoms with Crippen LogP contribution in [0.4, 0.5) is 0 Å². The molecule has 0 radical (unpaired) electrons.